The first-order chi connectivity index (χ1) is 16.9. The van der Waals surface area contributed by atoms with Crippen LogP contribution in [0.5, 0.6) is 5.75 Å². The van der Waals surface area contributed by atoms with Gasteiger partial charge in [-0.1, -0.05) is 30.3 Å². The number of anilines is 1. The van der Waals surface area contributed by atoms with Gasteiger partial charge in [-0.15, -0.1) is 0 Å². The number of nitrogens with one attached hydrogen (secondary N) is 2. The molecule has 184 valence electrons. The van der Waals surface area contributed by atoms with E-state index in [4.69, 9.17) is 4.74 Å². The molecule has 3 aromatic rings. The lowest BCUT2D eigenvalue weighted by atomic mass is 10.00. The van der Waals surface area contributed by atoms with E-state index in [2.05, 4.69) is 39.2 Å². The van der Waals surface area contributed by atoms with Crippen LogP contribution in [0.1, 0.15) is 33.5 Å². The maximum absolute atomic E-state index is 12.9. The summed E-state index contributed by atoms with van der Waals surface area (Å²) >= 11 is 0. The van der Waals surface area contributed by atoms with Crippen molar-refractivity contribution in [1.29, 1.82) is 0 Å². The van der Waals surface area contributed by atoms with Gasteiger partial charge in [-0.25, -0.2) is 8.42 Å². The first-order valence-electron chi connectivity index (χ1n) is 11.7. The van der Waals surface area contributed by atoms with Crippen molar-refractivity contribution >= 4 is 21.6 Å². The van der Waals surface area contributed by atoms with E-state index in [1.165, 1.54) is 23.3 Å². The van der Waals surface area contributed by atoms with Crippen molar-refractivity contribution in [1.82, 2.24) is 10.2 Å². The Morgan fingerprint density at radius 2 is 1.77 bits per heavy atom. The summed E-state index contributed by atoms with van der Waals surface area (Å²) in [4.78, 5) is 15.3. The van der Waals surface area contributed by atoms with E-state index in [1.54, 1.807) is 44.4 Å². The van der Waals surface area contributed by atoms with Gasteiger partial charge in [-0.2, -0.15) is 0 Å². The number of rotatable bonds is 9. The Kier molecular flexibility index (Phi) is 7.73. The summed E-state index contributed by atoms with van der Waals surface area (Å²) in [5.74, 6) is 0.361. The molecule has 8 heteroatoms. The van der Waals surface area contributed by atoms with Gasteiger partial charge in [0.1, 0.15) is 5.75 Å². The predicted molar refractivity (Wildman–Crippen MR) is 137 cm³/mol. The van der Waals surface area contributed by atoms with E-state index in [9.17, 15) is 13.2 Å². The molecule has 0 bridgehead atoms. The number of nitrogens with zero attached hydrogens (tertiary/aromatic N) is 1. The molecule has 0 radical (unpaired) electrons. The highest BCUT2D eigenvalue weighted by atomic mass is 32.2. The maximum atomic E-state index is 12.9. The van der Waals surface area contributed by atoms with Crippen LogP contribution in [0.3, 0.4) is 0 Å². The Morgan fingerprint density at radius 1 is 1.03 bits per heavy atom. The topological polar surface area (TPSA) is 87.7 Å². The highest BCUT2D eigenvalue weighted by Gasteiger charge is 2.19. The van der Waals surface area contributed by atoms with Crippen LogP contribution in [-0.2, 0) is 23.0 Å². The molecule has 1 aliphatic rings. The monoisotopic (exact) mass is 493 g/mol. The number of hydrogen-bond donors (Lipinski definition) is 2. The van der Waals surface area contributed by atoms with Gasteiger partial charge in [0.05, 0.1) is 12.0 Å². The van der Waals surface area contributed by atoms with E-state index < -0.39 is 10.0 Å². The number of fused-ring (bicyclic) bond motifs is 1. The summed E-state index contributed by atoms with van der Waals surface area (Å²) < 4.78 is 33.4. The number of sulfonamides is 1. The zero-order valence-corrected chi connectivity index (χ0v) is 20.9. The molecule has 0 aromatic heterocycles. The van der Waals surface area contributed by atoms with E-state index in [-0.39, 0.29) is 10.8 Å². The number of ether oxygens (including phenoxy) is 1. The quantitative estimate of drug-likeness (QED) is 0.440. The lowest BCUT2D eigenvalue weighted by molar-refractivity contribution is 0.0950. The van der Waals surface area contributed by atoms with Crippen molar-refractivity contribution in [3.8, 4) is 5.75 Å². The summed E-state index contributed by atoms with van der Waals surface area (Å²) in [5.41, 5.74) is 4.29. The number of aryl methyl sites for hydroxylation is 1. The third-order valence-corrected chi connectivity index (χ3v) is 7.63. The molecule has 1 heterocycles. The molecule has 35 heavy (non-hydrogen) atoms. The fourth-order valence-electron chi connectivity index (χ4n) is 4.23. The third kappa shape index (κ3) is 6.21. The summed E-state index contributed by atoms with van der Waals surface area (Å²) in [6.45, 7) is 5.17. The number of benzene rings is 3. The van der Waals surface area contributed by atoms with Gasteiger partial charge in [0, 0.05) is 37.4 Å². The van der Waals surface area contributed by atoms with Crippen LogP contribution < -0.4 is 14.8 Å². The van der Waals surface area contributed by atoms with Crippen LogP contribution in [0.2, 0.25) is 0 Å². The normalized spacial score (nSPS) is 13.7. The first kappa shape index (κ1) is 24.8. The average molecular weight is 494 g/mol. The largest absolute Gasteiger partial charge is 0.497 e. The number of carbonyl (C=O) groups excluding carboxylic acids is 1. The van der Waals surface area contributed by atoms with Crippen molar-refractivity contribution in [2.75, 3.05) is 31.5 Å². The summed E-state index contributed by atoms with van der Waals surface area (Å²) in [5, 5.41) is 2.94. The van der Waals surface area contributed by atoms with Gasteiger partial charge < -0.3 is 10.1 Å². The average Bonchev–Trinajstić information content (AvgIpc) is 2.86. The molecule has 0 fully saturated rings. The molecule has 7 nitrogen and oxygen atoms in total. The second kappa shape index (κ2) is 10.9. The Labute approximate surface area is 207 Å². The number of amides is 1. The number of methoxy groups -OCH3 is 1. The fourth-order valence-corrected chi connectivity index (χ4v) is 5.32. The molecule has 1 amide bonds. The van der Waals surface area contributed by atoms with E-state index in [0.29, 0.717) is 23.5 Å². The van der Waals surface area contributed by atoms with Crippen molar-refractivity contribution in [3.05, 3.63) is 89.0 Å². The van der Waals surface area contributed by atoms with E-state index >= 15 is 0 Å². The highest BCUT2D eigenvalue weighted by Crippen LogP contribution is 2.22. The zero-order chi connectivity index (χ0) is 24.8. The molecule has 3 aromatic carbocycles. The Morgan fingerprint density at radius 3 is 2.51 bits per heavy atom. The summed E-state index contributed by atoms with van der Waals surface area (Å²) in [6.07, 6.45) is 1.87. The Hall–Kier alpha value is -3.36. The van der Waals surface area contributed by atoms with Crippen LogP contribution in [-0.4, -0.2) is 46.0 Å². The second-order valence-electron chi connectivity index (χ2n) is 8.72. The highest BCUT2D eigenvalue weighted by molar-refractivity contribution is 7.92. The van der Waals surface area contributed by atoms with E-state index in [1.807, 2.05) is 0 Å². The van der Waals surface area contributed by atoms with Gasteiger partial charge >= 0.3 is 0 Å². The zero-order valence-electron chi connectivity index (χ0n) is 20.1. The summed E-state index contributed by atoms with van der Waals surface area (Å²) in [6, 6.07) is 19.7. The fraction of sp³-hybridized carbons (Fsp3) is 0.296. The molecular formula is C27H31N3O4S. The first-order valence-corrected chi connectivity index (χ1v) is 13.2. The summed E-state index contributed by atoms with van der Waals surface area (Å²) in [7, 11) is -2.30. The Balaban J connectivity index is 1.33. The maximum Gasteiger partial charge on any atom is 0.261 e. The molecule has 0 saturated carbocycles. The van der Waals surface area contributed by atoms with Crippen molar-refractivity contribution in [2.24, 2.45) is 0 Å². The number of hydrogen-bond acceptors (Lipinski definition) is 5. The van der Waals surface area contributed by atoms with Gasteiger partial charge in [0.15, 0.2) is 0 Å². The second-order valence-corrected chi connectivity index (χ2v) is 10.4. The smallest absolute Gasteiger partial charge is 0.261 e. The molecule has 4 rings (SSSR count). The lowest BCUT2D eigenvalue weighted by Crippen LogP contribution is -2.33. The van der Waals surface area contributed by atoms with Crippen LogP contribution in [0.15, 0.2) is 71.6 Å². The van der Waals surface area contributed by atoms with Crippen LogP contribution in [0.25, 0.3) is 0 Å². The predicted octanol–water partition coefficient (Wildman–Crippen LogP) is 3.98. The molecular weight excluding hydrogens is 462 g/mol. The minimum absolute atomic E-state index is 0.0380. The van der Waals surface area contributed by atoms with Gasteiger partial charge in [-0.3, -0.25) is 14.4 Å². The molecule has 0 unspecified atom stereocenters. The van der Waals surface area contributed by atoms with Crippen LogP contribution in [0, 0.1) is 6.92 Å². The molecule has 0 atom stereocenters. The molecule has 1 aliphatic heterocycles. The van der Waals surface area contributed by atoms with Crippen LogP contribution in [0.4, 0.5) is 5.69 Å². The SMILES string of the molecule is COc1ccc(NS(=O)(=O)c2ccc(C)c(C(=O)NCCCN3CCc4ccccc4C3)c2)cc1. The van der Waals surface area contributed by atoms with Gasteiger partial charge in [-0.05, 0) is 72.9 Å². The molecule has 0 saturated heterocycles. The molecule has 0 aliphatic carbocycles. The van der Waals surface area contributed by atoms with Gasteiger partial charge in [0.25, 0.3) is 15.9 Å². The van der Waals surface area contributed by atoms with Crippen molar-refractivity contribution in [2.45, 2.75) is 31.2 Å². The minimum atomic E-state index is -3.85. The lowest BCUT2D eigenvalue weighted by Gasteiger charge is -2.28. The third-order valence-electron chi connectivity index (χ3n) is 6.25. The standard InChI is InChI=1S/C27H31N3O4S/c1-20-8-13-25(35(32,33)29-23-9-11-24(34-2)12-10-23)18-26(20)27(31)28-15-5-16-30-17-14-21-6-3-4-7-22(21)19-30/h3-4,6-13,18,29H,5,14-17,19H2,1-2H3,(H,28,31). The van der Waals surface area contributed by atoms with Crippen LogP contribution >= 0.6 is 0 Å². The minimum Gasteiger partial charge on any atom is -0.497 e. The van der Waals surface area contributed by atoms with E-state index in [0.717, 1.165) is 38.0 Å². The number of carbonyl (C=O) groups is 1. The van der Waals surface area contributed by atoms with Crippen molar-refractivity contribution in [3.63, 3.8) is 0 Å². The van der Waals surface area contributed by atoms with Crippen molar-refractivity contribution < 1.29 is 17.9 Å². The Bertz CT molecular complexity index is 1290. The molecule has 0 spiro atoms. The van der Waals surface area contributed by atoms with Gasteiger partial charge in [0.2, 0.25) is 0 Å². The molecule has 2 N–H and O–H groups in total.